The molecule has 2 N–H and O–H groups in total. The fourth-order valence-corrected chi connectivity index (χ4v) is 2.38. The highest BCUT2D eigenvalue weighted by atomic mass is 16.3. The van der Waals surface area contributed by atoms with Crippen LogP contribution in [0.4, 0.5) is 0 Å². The van der Waals surface area contributed by atoms with Gasteiger partial charge in [0, 0.05) is 5.39 Å². The highest BCUT2D eigenvalue weighted by Gasteiger charge is 2.12. The van der Waals surface area contributed by atoms with Crippen LogP contribution in [0.15, 0.2) is 36.4 Å². The highest BCUT2D eigenvalue weighted by molar-refractivity contribution is 5.89. The molecule has 0 aliphatic rings. The van der Waals surface area contributed by atoms with Crippen molar-refractivity contribution in [1.29, 1.82) is 0 Å². The first-order valence-corrected chi connectivity index (χ1v) is 6.89. The summed E-state index contributed by atoms with van der Waals surface area (Å²) in [5, 5.41) is 21.9. The molecule has 2 nitrogen and oxygen atoms in total. The van der Waals surface area contributed by atoms with Crippen LogP contribution in [-0.4, -0.2) is 15.8 Å². The third-order valence-electron chi connectivity index (χ3n) is 3.47. The lowest BCUT2D eigenvalue weighted by molar-refractivity contribution is 0.0682. The van der Waals surface area contributed by atoms with Crippen LogP contribution < -0.4 is 0 Å². The number of aryl methyl sites for hydroxylation is 1. The number of aromatic hydroxyl groups is 1. The summed E-state index contributed by atoms with van der Waals surface area (Å²) in [7, 11) is 0. The van der Waals surface area contributed by atoms with Crippen molar-refractivity contribution in [2.75, 3.05) is 0 Å². The molecular formula is C17H22O2. The van der Waals surface area contributed by atoms with Crippen LogP contribution in [-0.2, 0) is 6.42 Å². The lowest BCUT2D eigenvalue weighted by Crippen LogP contribution is -2.17. The lowest BCUT2D eigenvalue weighted by atomic mass is 9.97. The standard InChI is InChI=1S/C17H22O2/c1-17(2,19)12-6-5-8-14-11-10-13-7-3-4-9-15(13)16(14)18/h3-4,7,9-11,18-19H,5-6,8,12H2,1-2H3. The average molecular weight is 258 g/mol. The minimum absolute atomic E-state index is 0.404. The van der Waals surface area contributed by atoms with E-state index in [0.29, 0.717) is 5.75 Å². The van der Waals surface area contributed by atoms with Gasteiger partial charge in [0.15, 0.2) is 0 Å². The van der Waals surface area contributed by atoms with Crippen molar-refractivity contribution in [3.63, 3.8) is 0 Å². The van der Waals surface area contributed by atoms with Crippen molar-refractivity contribution in [3.8, 4) is 5.75 Å². The van der Waals surface area contributed by atoms with Gasteiger partial charge >= 0.3 is 0 Å². The molecule has 0 aromatic heterocycles. The molecule has 2 aromatic carbocycles. The van der Waals surface area contributed by atoms with Gasteiger partial charge in [-0.05, 0) is 44.1 Å². The number of unbranched alkanes of at least 4 members (excludes halogenated alkanes) is 1. The van der Waals surface area contributed by atoms with Crippen molar-refractivity contribution in [3.05, 3.63) is 42.0 Å². The number of fused-ring (bicyclic) bond motifs is 1. The van der Waals surface area contributed by atoms with Crippen LogP contribution in [0.2, 0.25) is 0 Å². The molecule has 0 aliphatic heterocycles. The Morgan fingerprint density at radius 1 is 1.00 bits per heavy atom. The summed E-state index contributed by atoms with van der Waals surface area (Å²) in [4.78, 5) is 0. The Labute approximate surface area is 114 Å². The second kappa shape index (κ2) is 5.62. The lowest BCUT2D eigenvalue weighted by Gasteiger charge is -2.16. The van der Waals surface area contributed by atoms with Gasteiger partial charge in [-0.25, -0.2) is 0 Å². The summed E-state index contributed by atoms with van der Waals surface area (Å²) in [5.41, 5.74) is 0.403. The molecule has 0 spiro atoms. The van der Waals surface area contributed by atoms with E-state index in [4.69, 9.17) is 0 Å². The molecule has 0 bridgehead atoms. The Bertz CT molecular complexity index is 553. The van der Waals surface area contributed by atoms with Crippen LogP contribution in [0.25, 0.3) is 10.8 Å². The van der Waals surface area contributed by atoms with Gasteiger partial charge in [-0.3, -0.25) is 0 Å². The predicted octanol–water partition coefficient (Wildman–Crippen LogP) is 4.03. The molecule has 0 atom stereocenters. The number of phenolic OH excluding ortho intramolecular Hbond substituents is 1. The molecule has 2 aromatic rings. The second-order valence-electron chi connectivity index (χ2n) is 5.81. The van der Waals surface area contributed by atoms with Gasteiger partial charge in [0.1, 0.15) is 5.75 Å². The minimum Gasteiger partial charge on any atom is -0.507 e. The molecule has 0 saturated heterocycles. The van der Waals surface area contributed by atoms with Gasteiger partial charge in [0.2, 0.25) is 0 Å². The molecule has 0 heterocycles. The molecule has 0 saturated carbocycles. The van der Waals surface area contributed by atoms with Gasteiger partial charge in [-0.1, -0.05) is 42.8 Å². The SMILES string of the molecule is CC(C)(O)CCCCc1ccc2ccccc2c1O. The molecule has 0 fully saturated rings. The van der Waals surface area contributed by atoms with Crippen LogP contribution in [0.3, 0.4) is 0 Å². The van der Waals surface area contributed by atoms with Gasteiger partial charge in [-0.15, -0.1) is 0 Å². The molecule has 19 heavy (non-hydrogen) atoms. The molecular weight excluding hydrogens is 236 g/mol. The quantitative estimate of drug-likeness (QED) is 0.795. The number of hydrogen-bond acceptors (Lipinski definition) is 2. The summed E-state index contributed by atoms with van der Waals surface area (Å²) >= 11 is 0. The zero-order chi connectivity index (χ0) is 13.9. The molecule has 0 radical (unpaired) electrons. The molecule has 102 valence electrons. The Morgan fingerprint density at radius 2 is 1.74 bits per heavy atom. The minimum atomic E-state index is -0.592. The smallest absolute Gasteiger partial charge is 0.126 e. The van der Waals surface area contributed by atoms with Gasteiger partial charge in [-0.2, -0.15) is 0 Å². The number of hydrogen-bond donors (Lipinski definition) is 2. The molecule has 0 unspecified atom stereocenters. The number of benzene rings is 2. The third-order valence-corrected chi connectivity index (χ3v) is 3.47. The number of rotatable bonds is 5. The van der Waals surface area contributed by atoms with E-state index in [1.165, 1.54) is 0 Å². The zero-order valence-electron chi connectivity index (χ0n) is 11.7. The normalized spacial score (nSPS) is 11.9. The maximum atomic E-state index is 10.3. The maximum absolute atomic E-state index is 10.3. The Hall–Kier alpha value is -1.54. The first-order chi connectivity index (χ1) is 8.97. The first-order valence-electron chi connectivity index (χ1n) is 6.89. The van der Waals surface area contributed by atoms with Crippen LogP contribution >= 0.6 is 0 Å². The fourth-order valence-electron chi connectivity index (χ4n) is 2.38. The van der Waals surface area contributed by atoms with Gasteiger partial charge < -0.3 is 10.2 Å². The third kappa shape index (κ3) is 3.71. The maximum Gasteiger partial charge on any atom is 0.126 e. The Kier molecular flexibility index (Phi) is 4.11. The average Bonchev–Trinajstić information content (AvgIpc) is 2.36. The first kappa shape index (κ1) is 13.9. The van der Waals surface area contributed by atoms with E-state index in [-0.39, 0.29) is 0 Å². The van der Waals surface area contributed by atoms with E-state index >= 15 is 0 Å². The second-order valence-corrected chi connectivity index (χ2v) is 5.81. The monoisotopic (exact) mass is 258 g/mol. The summed E-state index contributed by atoms with van der Waals surface area (Å²) in [6.07, 6.45) is 3.60. The number of aliphatic hydroxyl groups is 1. The summed E-state index contributed by atoms with van der Waals surface area (Å²) in [5.74, 6) is 0.404. The predicted molar refractivity (Wildman–Crippen MR) is 79.5 cm³/mol. The summed E-state index contributed by atoms with van der Waals surface area (Å²) in [6, 6.07) is 11.9. The summed E-state index contributed by atoms with van der Waals surface area (Å²) in [6.45, 7) is 3.67. The van der Waals surface area contributed by atoms with Gasteiger partial charge in [0.25, 0.3) is 0 Å². The van der Waals surface area contributed by atoms with E-state index in [1.54, 1.807) is 0 Å². The molecule has 2 rings (SSSR count). The van der Waals surface area contributed by atoms with Crippen LogP contribution in [0.5, 0.6) is 5.75 Å². The molecule has 2 heteroatoms. The molecule has 0 amide bonds. The summed E-state index contributed by atoms with van der Waals surface area (Å²) < 4.78 is 0. The van der Waals surface area contributed by atoms with Crippen molar-refractivity contribution in [2.24, 2.45) is 0 Å². The van der Waals surface area contributed by atoms with Crippen molar-refractivity contribution < 1.29 is 10.2 Å². The van der Waals surface area contributed by atoms with Crippen LogP contribution in [0.1, 0.15) is 38.7 Å². The topological polar surface area (TPSA) is 40.5 Å². The largest absolute Gasteiger partial charge is 0.507 e. The number of phenols is 1. The van der Waals surface area contributed by atoms with Crippen LogP contribution in [0, 0.1) is 0 Å². The van der Waals surface area contributed by atoms with Crippen molar-refractivity contribution in [2.45, 2.75) is 45.1 Å². The van der Waals surface area contributed by atoms with Crippen molar-refractivity contribution >= 4 is 10.8 Å². The Morgan fingerprint density at radius 3 is 2.47 bits per heavy atom. The van der Waals surface area contributed by atoms with E-state index in [0.717, 1.165) is 42.0 Å². The molecule has 0 aliphatic carbocycles. The van der Waals surface area contributed by atoms with E-state index in [1.807, 2.05) is 44.2 Å². The fraction of sp³-hybridized carbons (Fsp3) is 0.412. The highest BCUT2D eigenvalue weighted by Crippen LogP contribution is 2.29. The Balaban J connectivity index is 2.03. The zero-order valence-corrected chi connectivity index (χ0v) is 11.7. The van der Waals surface area contributed by atoms with E-state index < -0.39 is 5.60 Å². The van der Waals surface area contributed by atoms with E-state index in [9.17, 15) is 10.2 Å². The van der Waals surface area contributed by atoms with E-state index in [2.05, 4.69) is 6.07 Å². The van der Waals surface area contributed by atoms with Crippen molar-refractivity contribution in [1.82, 2.24) is 0 Å². The van der Waals surface area contributed by atoms with Gasteiger partial charge in [0.05, 0.1) is 5.60 Å².